The highest BCUT2D eigenvalue weighted by Crippen LogP contribution is 2.21. The molecule has 0 aliphatic rings. The zero-order chi connectivity index (χ0) is 19.4. The van der Waals surface area contributed by atoms with Gasteiger partial charge >= 0.3 is 0 Å². The lowest BCUT2D eigenvalue weighted by Gasteiger charge is -2.09. The van der Waals surface area contributed by atoms with Gasteiger partial charge in [-0.3, -0.25) is 4.79 Å². The number of hydrogen-bond donors (Lipinski definition) is 2. The first-order valence-electron chi connectivity index (χ1n) is 8.39. The van der Waals surface area contributed by atoms with E-state index in [1.807, 2.05) is 24.3 Å². The summed E-state index contributed by atoms with van der Waals surface area (Å²) in [6.45, 7) is 4.25. The molecule has 1 amide bonds. The summed E-state index contributed by atoms with van der Waals surface area (Å²) in [4.78, 5) is 20.7. The van der Waals surface area contributed by atoms with Crippen LogP contribution in [0.25, 0.3) is 0 Å². The maximum absolute atomic E-state index is 13.2. The predicted molar refractivity (Wildman–Crippen MR) is 105 cm³/mol. The molecule has 0 fully saturated rings. The van der Waals surface area contributed by atoms with Gasteiger partial charge in [0, 0.05) is 17.6 Å². The Hall–Kier alpha value is -2.99. The molecular formula is C20H18ClFN4O. The molecule has 0 radical (unpaired) electrons. The van der Waals surface area contributed by atoms with Crippen LogP contribution in [0.1, 0.15) is 35.8 Å². The lowest BCUT2D eigenvalue weighted by atomic mass is 10.0. The molecule has 0 atom stereocenters. The standard InChI is InChI=1S/C20H18ClFN4O/c1-12(2)13-3-5-14(6-4-13)25-20-23-10-9-18(26-20)19(27)24-15-7-8-17(22)16(21)11-15/h3-12H,1-2H3,(H,24,27)(H,23,25,26). The van der Waals surface area contributed by atoms with Crippen molar-refractivity contribution in [1.29, 1.82) is 0 Å². The molecule has 138 valence electrons. The second kappa shape index (κ2) is 8.14. The molecule has 7 heteroatoms. The molecule has 2 aromatic carbocycles. The molecule has 0 bridgehead atoms. The van der Waals surface area contributed by atoms with Gasteiger partial charge < -0.3 is 10.6 Å². The Morgan fingerprint density at radius 1 is 1.07 bits per heavy atom. The minimum Gasteiger partial charge on any atom is -0.324 e. The SMILES string of the molecule is CC(C)c1ccc(Nc2nccc(C(=O)Nc3ccc(F)c(Cl)c3)n2)cc1. The van der Waals surface area contributed by atoms with Crippen LogP contribution in [0.2, 0.25) is 5.02 Å². The number of carbonyl (C=O) groups excluding carboxylic acids is 1. The van der Waals surface area contributed by atoms with Gasteiger partial charge in [-0.25, -0.2) is 14.4 Å². The monoisotopic (exact) mass is 384 g/mol. The molecule has 1 heterocycles. The van der Waals surface area contributed by atoms with Crippen LogP contribution in [0.3, 0.4) is 0 Å². The highest BCUT2D eigenvalue weighted by molar-refractivity contribution is 6.31. The molecule has 0 unspecified atom stereocenters. The molecule has 0 aliphatic heterocycles. The van der Waals surface area contributed by atoms with Crippen molar-refractivity contribution in [2.24, 2.45) is 0 Å². The summed E-state index contributed by atoms with van der Waals surface area (Å²) < 4.78 is 13.2. The fourth-order valence-corrected chi connectivity index (χ4v) is 2.58. The van der Waals surface area contributed by atoms with Crippen LogP contribution in [0.4, 0.5) is 21.7 Å². The van der Waals surface area contributed by atoms with E-state index in [2.05, 4.69) is 34.4 Å². The van der Waals surface area contributed by atoms with Crippen molar-refractivity contribution >= 4 is 34.8 Å². The quantitative estimate of drug-likeness (QED) is 0.619. The molecule has 27 heavy (non-hydrogen) atoms. The number of hydrogen-bond acceptors (Lipinski definition) is 4. The van der Waals surface area contributed by atoms with Gasteiger partial charge in [-0.15, -0.1) is 0 Å². The van der Waals surface area contributed by atoms with Crippen LogP contribution < -0.4 is 10.6 Å². The Balaban J connectivity index is 1.72. The van der Waals surface area contributed by atoms with Crippen LogP contribution in [-0.4, -0.2) is 15.9 Å². The fourth-order valence-electron chi connectivity index (χ4n) is 2.39. The van der Waals surface area contributed by atoms with Gasteiger partial charge in [-0.2, -0.15) is 0 Å². The number of nitrogens with zero attached hydrogens (tertiary/aromatic N) is 2. The van der Waals surface area contributed by atoms with Crippen LogP contribution >= 0.6 is 11.6 Å². The molecule has 3 rings (SSSR count). The Morgan fingerprint density at radius 3 is 2.44 bits per heavy atom. The third-order valence-electron chi connectivity index (χ3n) is 3.90. The number of halogens is 2. The fraction of sp³-hybridized carbons (Fsp3) is 0.150. The minimum absolute atomic E-state index is 0.0670. The van der Waals surface area contributed by atoms with Crippen molar-refractivity contribution in [3.05, 3.63) is 76.8 Å². The smallest absolute Gasteiger partial charge is 0.274 e. The number of benzene rings is 2. The second-order valence-electron chi connectivity index (χ2n) is 6.25. The van der Waals surface area contributed by atoms with Gasteiger partial charge in [0.1, 0.15) is 11.5 Å². The van der Waals surface area contributed by atoms with Crippen molar-refractivity contribution in [2.45, 2.75) is 19.8 Å². The average Bonchev–Trinajstić information content (AvgIpc) is 2.65. The summed E-state index contributed by atoms with van der Waals surface area (Å²) in [5.41, 5.74) is 2.60. The number of aromatic nitrogens is 2. The highest BCUT2D eigenvalue weighted by Gasteiger charge is 2.11. The molecule has 3 aromatic rings. The van der Waals surface area contributed by atoms with E-state index >= 15 is 0 Å². The first kappa shape index (κ1) is 18.8. The summed E-state index contributed by atoms with van der Waals surface area (Å²) in [5, 5.41) is 5.64. The van der Waals surface area contributed by atoms with E-state index in [9.17, 15) is 9.18 Å². The molecule has 5 nitrogen and oxygen atoms in total. The van der Waals surface area contributed by atoms with Crippen molar-refractivity contribution in [1.82, 2.24) is 9.97 Å². The van der Waals surface area contributed by atoms with Crippen LogP contribution in [0, 0.1) is 5.82 Å². The summed E-state index contributed by atoms with van der Waals surface area (Å²) in [5.74, 6) is -0.246. The van der Waals surface area contributed by atoms with Crippen LogP contribution in [0.5, 0.6) is 0 Å². The van der Waals surface area contributed by atoms with Crippen molar-refractivity contribution in [3.63, 3.8) is 0 Å². The Morgan fingerprint density at radius 2 is 1.78 bits per heavy atom. The zero-order valence-electron chi connectivity index (χ0n) is 14.8. The normalized spacial score (nSPS) is 10.7. The van der Waals surface area contributed by atoms with Crippen molar-refractivity contribution < 1.29 is 9.18 Å². The number of anilines is 3. The summed E-state index contributed by atoms with van der Waals surface area (Å²) in [6.07, 6.45) is 1.49. The van der Waals surface area contributed by atoms with E-state index in [-0.39, 0.29) is 10.7 Å². The number of rotatable bonds is 5. The Kier molecular flexibility index (Phi) is 5.66. The average molecular weight is 385 g/mol. The van der Waals surface area contributed by atoms with Gasteiger partial charge in [0.15, 0.2) is 0 Å². The summed E-state index contributed by atoms with van der Waals surface area (Å²) in [6, 6.07) is 13.4. The zero-order valence-corrected chi connectivity index (χ0v) is 15.6. The second-order valence-corrected chi connectivity index (χ2v) is 6.66. The molecule has 0 spiro atoms. The Bertz CT molecular complexity index is 960. The number of amides is 1. The van der Waals surface area contributed by atoms with E-state index in [0.717, 1.165) is 5.69 Å². The molecule has 2 N–H and O–H groups in total. The van der Waals surface area contributed by atoms with Gasteiger partial charge in [0.25, 0.3) is 5.91 Å². The first-order valence-corrected chi connectivity index (χ1v) is 8.76. The van der Waals surface area contributed by atoms with E-state index in [1.54, 1.807) is 0 Å². The van der Waals surface area contributed by atoms with E-state index in [0.29, 0.717) is 17.6 Å². The van der Waals surface area contributed by atoms with E-state index < -0.39 is 11.7 Å². The number of nitrogens with one attached hydrogen (secondary N) is 2. The molecule has 0 saturated carbocycles. The van der Waals surface area contributed by atoms with Crippen molar-refractivity contribution in [3.8, 4) is 0 Å². The molecule has 0 saturated heterocycles. The molecule has 0 aliphatic carbocycles. The predicted octanol–water partition coefficient (Wildman–Crippen LogP) is 5.39. The lowest BCUT2D eigenvalue weighted by Crippen LogP contribution is -2.14. The van der Waals surface area contributed by atoms with Crippen molar-refractivity contribution in [2.75, 3.05) is 10.6 Å². The van der Waals surface area contributed by atoms with Gasteiger partial charge in [-0.05, 0) is 47.9 Å². The van der Waals surface area contributed by atoms with Gasteiger partial charge in [0.2, 0.25) is 5.95 Å². The first-order chi connectivity index (χ1) is 12.9. The summed E-state index contributed by atoms with van der Waals surface area (Å²) >= 11 is 5.73. The van der Waals surface area contributed by atoms with E-state index in [4.69, 9.17) is 11.6 Å². The Labute approximate surface area is 161 Å². The number of carbonyl (C=O) groups is 1. The van der Waals surface area contributed by atoms with Crippen LogP contribution in [0.15, 0.2) is 54.7 Å². The van der Waals surface area contributed by atoms with Crippen LogP contribution in [-0.2, 0) is 0 Å². The van der Waals surface area contributed by atoms with E-state index in [1.165, 1.54) is 36.0 Å². The largest absolute Gasteiger partial charge is 0.324 e. The molecular weight excluding hydrogens is 367 g/mol. The minimum atomic E-state index is -0.549. The van der Waals surface area contributed by atoms with Gasteiger partial charge in [0.05, 0.1) is 5.02 Å². The molecule has 1 aromatic heterocycles. The lowest BCUT2D eigenvalue weighted by molar-refractivity contribution is 0.102. The topological polar surface area (TPSA) is 66.9 Å². The third kappa shape index (κ3) is 4.80. The maximum Gasteiger partial charge on any atom is 0.274 e. The maximum atomic E-state index is 13.2. The third-order valence-corrected chi connectivity index (χ3v) is 4.19. The highest BCUT2D eigenvalue weighted by atomic mass is 35.5. The van der Waals surface area contributed by atoms with Gasteiger partial charge in [-0.1, -0.05) is 37.6 Å². The summed E-state index contributed by atoms with van der Waals surface area (Å²) in [7, 11) is 0.